The van der Waals surface area contributed by atoms with Gasteiger partial charge in [-0.1, -0.05) is 0 Å². The van der Waals surface area contributed by atoms with Gasteiger partial charge in [0.2, 0.25) is 5.95 Å². The molecule has 0 aliphatic carbocycles. The molecule has 0 bridgehead atoms. The molecule has 0 aromatic carbocycles. The number of methoxy groups -OCH3 is 1. The Kier molecular flexibility index (Phi) is 4.66. The van der Waals surface area contributed by atoms with E-state index in [1.165, 1.54) is 0 Å². The molecule has 6 heteroatoms. The molecule has 19 heavy (non-hydrogen) atoms. The van der Waals surface area contributed by atoms with Crippen LogP contribution >= 0.6 is 0 Å². The molecule has 0 spiro atoms. The van der Waals surface area contributed by atoms with Gasteiger partial charge < -0.3 is 15.4 Å². The first kappa shape index (κ1) is 14.1. The lowest BCUT2D eigenvalue weighted by Gasteiger charge is -2.37. The van der Waals surface area contributed by atoms with Crippen molar-refractivity contribution in [3.05, 3.63) is 11.4 Å². The maximum Gasteiger partial charge on any atom is 0.242 e. The van der Waals surface area contributed by atoms with Crippen LogP contribution in [0.5, 0.6) is 0 Å². The van der Waals surface area contributed by atoms with Crippen molar-refractivity contribution in [2.45, 2.75) is 26.7 Å². The van der Waals surface area contributed by atoms with Crippen molar-refractivity contribution in [2.24, 2.45) is 5.41 Å². The summed E-state index contributed by atoms with van der Waals surface area (Å²) in [7, 11) is 1.76. The van der Waals surface area contributed by atoms with E-state index in [2.05, 4.69) is 25.8 Å². The van der Waals surface area contributed by atoms with E-state index in [0.29, 0.717) is 5.95 Å². The minimum Gasteiger partial charge on any atom is -0.384 e. The average Bonchev–Trinajstić information content (AvgIpc) is 2.42. The smallest absolute Gasteiger partial charge is 0.242 e. The second kappa shape index (κ2) is 6.25. The van der Waals surface area contributed by atoms with Gasteiger partial charge in [-0.05, 0) is 39.8 Å². The van der Waals surface area contributed by atoms with Crippen LogP contribution in [0.15, 0.2) is 0 Å². The molecular formula is C13H23N5O. The third kappa shape index (κ3) is 3.61. The van der Waals surface area contributed by atoms with Crippen molar-refractivity contribution in [2.75, 3.05) is 38.7 Å². The van der Waals surface area contributed by atoms with Crippen LogP contribution in [0.4, 0.5) is 5.95 Å². The average molecular weight is 265 g/mol. The number of ether oxygens (including phenoxy) is 1. The molecule has 2 N–H and O–H groups in total. The van der Waals surface area contributed by atoms with Gasteiger partial charge in [0.25, 0.3) is 0 Å². The summed E-state index contributed by atoms with van der Waals surface area (Å²) in [5.41, 5.74) is 1.96. The molecule has 1 saturated heterocycles. The maximum atomic E-state index is 5.39. The Morgan fingerprint density at radius 1 is 1.21 bits per heavy atom. The number of nitrogens with one attached hydrogen (secondary N) is 2. The van der Waals surface area contributed by atoms with Crippen LogP contribution in [0.1, 0.15) is 24.2 Å². The van der Waals surface area contributed by atoms with Gasteiger partial charge in [-0.25, -0.2) is 4.98 Å². The van der Waals surface area contributed by atoms with Crippen molar-refractivity contribution >= 4 is 5.95 Å². The zero-order chi connectivity index (χ0) is 13.7. The lowest BCUT2D eigenvalue weighted by atomic mass is 9.79. The van der Waals surface area contributed by atoms with Crippen LogP contribution in [-0.4, -0.2) is 48.5 Å². The summed E-state index contributed by atoms with van der Waals surface area (Å²) in [6.07, 6.45) is 2.21. The van der Waals surface area contributed by atoms with Crippen molar-refractivity contribution < 1.29 is 4.74 Å². The molecule has 0 unspecified atom stereocenters. The predicted molar refractivity (Wildman–Crippen MR) is 74.2 cm³/mol. The first-order valence-corrected chi connectivity index (χ1v) is 6.77. The van der Waals surface area contributed by atoms with Crippen molar-refractivity contribution in [3.63, 3.8) is 0 Å². The lowest BCUT2D eigenvalue weighted by Crippen LogP contribution is -2.44. The van der Waals surface area contributed by atoms with E-state index in [9.17, 15) is 0 Å². The highest BCUT2D eigenvalue weighted by Crippen LogP contribution is 2.29. The molecule has 6 nitrogen and oxygen atoms in total. The van der Waals surface area contributed by atoms with Gasteiger partial charge in [0.15, 0.2) is 0 Å². The first-order valence-electron chi connectivity index (χ1n) is 6.77. The van der Waals surface area contributed by atoms with Crippen molar-refractivity contribution in [1.82, 2.24) is 20.5 Å². The van der Waals surface area contributed by atoms with Crippen LogP contribution < -0.4 is 10.6 Å². The third-order valence-corrected chi connectivity index (χ3v) is 3.83. The zero-order valence-corrected chi connectivity index (χ0v) is 12.0. The molecule has 0 amide bonds. The standard InChI is InChI=1S/C13H23N5O/c1-10-11(2)17-18-12(16-10)15-8-13(9-19-3)4-6-14-7-5-13/h14H,4-9H2,1-3H3,(H,15,16,18). The number of nitrogens with zero attached hydrogens (tertiary/aromatic N) is 3. The van der Waals surface area contributed by atoms with Gasteiger partial charge in [-0.15, -0.1) is 5.10 Å². The molecule has 106 valence electrons. The molecular weight excluding hydrogens is 242 g/mol. The van der Waals surface area contributed by atoms with E-state index >= 15 is 0 Å². The Labute approximate surface area is 114 Å². The van der Waals surface area contributed by atoms with E-state index in [1.807, 2.05) is 13.8 Å². The summed E-state index contributed by atoms with van der Waals surface area (Å²) < 4.78 is 5.39. The van der Waals surface area contributed by atoms with Gasteiger partial charge in [0, 0.05) is 19.1 Å². The SMILES string of the molecule is COCC1(CNc2nnc(C)c(C)n2)CCNCC1. The summed E-state index contributed by atoms with van der Waals surface area (Å²) >= 11 is 0. The molecule has 0 atom stereocenters. The number of rotatable bonds is 5. The maximum absolute atomic E-state index is 5.39. The van der Waals surface area contributed by atoms with E-state index in [0.717, 1.165) is 50.5 Å². The molecule has 1 aromatic heterocycles. The number of hydrogen-bond acceptors (Lipinski definition) is 6. The van der Waals surface area contributed by atoms with Gasteiger partial charge in [-0.3, -0.25) is 0 Å². The van der Waals surface area contributed by atoms with Gasteiger partial charge in [0.1, 0.15) is 0 Å². The minimum absolute atomic E-state index is 0.169. The van der Waals surface area contributed by atoms with Crippen LogP contribution in [0, 0.1) is 19.3 Å². The fraction of sp³-hybridized carbons (Fsp3) is 0.769. The van der Waals surface area contributed by atoms with E-state index in [-0.39, 0.29) is 5.41 Å². The summed E-state index contributed by atoms with van der Waals surface area (Å²) in [6.45, 7) is 7.53. The summed E-state index contributed by atoms with van der Waals surface area (Å²) in [5.74, 6) is 0.608. The molecule has 1 aromatic rings. The highest BCUT2D eigenvalue weighted by atomic mass is 16.5. The fourth-order valence-corrected chi connectivity index (χ4v) is 2.43. The molecule has 1 aliphatic rings. The van der Waals surface area contributed by atoms with Crippen LogP contribution in [0.25, 0.3) is 0 Å². The Bertz CT molecular complexity index is 412. The van der Waals surface area contributed by atoms with Gasteiger partial charge in [0.05, 0.1) is 18.0 Å². The number of aryl methyl sites for hydroxylation is 2. The van der Waals surface area contributed by atoms with Crippen LogP contribution in [0.2, 0.25) is 0 Å². The largest absolute Gasteiger partial charge is 0.384 e. The van der Waals surface area contributed by atoms with Gasteiger partial charge >= 0.3 is 0 Å². The Morgan fingerprint density at radius 2 is 1.95 bits per heavy atom. The number of aromatic nitrogens is 3. The lowest BCUT2D eigenvalue weighted by molar-refractivity contribution is 0.0634. The molecule has 2 rings (SSSR count). The van der Waals surface area contributed by atoms with Crippen molar-refractivity contribution in [3.8, 4) is 0 Å². The van der Waals surface area contributed by atoms with Crippen LogP contribution in [0.3, 0.4) is 0 Å². The molecule has 0 saturated carbocycles. The number of hydrogen-bond donors (Lipinski definition) is 2. The molecule has 1 fully saturated rings. The predicted octanol–water partition coefficient (Wildman–Crippen LogP) is 0.917. The molecule has 1 aliphatic heterocycles. The quantitative estimate of drug-likeness (QED) is 0.825. The van der Waals surface area contributed by atoms with Crippen molar-refractivity contribution in [1.29, 1.82) is 0 Å². The number of piperidine rings is 1. The highest BCUT2D eigenvalue weighted by molar-refractivity contribution is 5.25. The zero-order valence-electron chi connectivity index (χ0n) is 12.0. The Morgan fingerprint density at radius 3 is 2.58 bits per heavy atom. The third-order valence-electron chi connectivity index (χ3n) is 3.83. The minimum atomic E-state index is 0.169. The Hall–Kier alpha value is -1.27. The Balaban J connectivity index is 1.99. The van der Waals surface area contributed by atoms with E-state index in [4.69, 9.17) is 4.74 Å². The summed E-state index contributed by atoms with van der Waals surface area (Å²) in [4.78, 5) is 4.41. The molecule has 0 radical (unpaired) electrons. The fourth-order valence-electron chi connectivity index (χ4n) is 2.43. The normalized spacial score (nSPS) is 18.3. The van der Waals surface area contributed by atoms with Gasteiger partial charge in [-0.2, -0.15) is 5.10 Å². The van der Waals surface area contributed by atoms with E-state index < -0.39 is 0 Å². The summed E-state index contributed by atoms with van der Waals surface area (Å²) in [6, 6.07) is 0. The number of anilines is 1. The molecule has 2 heterocycles. The second-order valence-corrected chi connectivity index (χ2v) is 5.34. The summed E-state index contributed by atoms with van der Waals surface area (Å²) in [5, 5.41) is 14.9. The topological polar surface area (TPSA) is 72.0 Å². The van der Waals surface area contributed by atoms with E-state index in [1.54, 1.807) is 7.11 Å². The first-order chi connectivity index (χ1) is 9.15. The van der Waals surface area contributed by atoms with Crippen LogP contribution in [-0.2, 0) is 4.74 Å². The monoisotopic (exact) mass is 265 g/mol. The second-order valence-electron chi connectivity index (χ2n) is 5.34. The highest BCUT2D eigenvalue weighted by Gasteiger charge is 2.32.